The van der Waals surface area contributed by atoms with Crippen LogP contribution in [0.25, 0.3) is 0 Å². The number of hydrogen-bond donors (Lipinski definition) is 0. The van der Waals surface area contributed by atoms with E-state index in [1.54, 1.807) is 23.1 Å². The first-order valence-electron chi connectivity index (χ1n) is 8.80. The molecule has 0 atom stereocenters. The Hall–Kier alpha value is -2.55. The summed E-state index contributed by atoms with van der Waals surface area (Å²) in [7, 11) is 1.51. The molecule has 3 rings (SSSR count). The number of hydrogen-bond acceptors (Lipinski definition) is 3. The number of carbonyl (C=O) groups excluding carboxylic acids is 2. The SMILES string of the molecule is COc1ccc(Br)c(C(=O)N2CCN(C(=O)c3cccc(C(F)(F)F)c3)CC2)c1. The second kappa shape index (κ2) is 8.44. The molecule has 0 N–H and O–H groups in total. The lowest BCUT2D eigenvalue weighted by Crippen LogP contribution is -2.50. The Kier molecular flexibility index (Phi) is 6.16. The van der Waals surface area contributed by atoms with E-state index in [0.717, 1.165) is 12.1 Å². The van der Waals surface area contributed by atoms with Crippen molar-refractivity contribution in [2.75, 3.05) is 33.3 Å². The van der Waals surface area contributed by atoms with Gasteiger partial charge in [0.25, 0.3) is 11.8 Å². The van der Waals surface area contributed by atoms with Crippen LogP contribution in [0.15, 0.2) is 46.9 Å². The third kappa shape index (κ3) is 4.72. The van der Waals surface area contributed by atoms with Gasteiger partial charge in [0, 0.05) is 36.2 Å². The molecule has 0 spiro atoms. The number of amides is 2. The van der Waals surface area contributed by atoms with Crippen LogP contribution in [0, 0.1) is 0 Å². The van der Waals surface area contributed by atoms with Crippen LogP contribution in [0.1, 0.15) is 26.3 Å². The van der Waals surface area contributed by atoms with Gasteiger partial charge in [-0.05, 0) is 52.3 Å². The van der Waals surface area contributed by atoms with Gasteiger partial charge in [-0.25, -0.2) is 0 Å². The Bertz CT molecular complexity index is 925. The fourth-order valence-corrected chi connectivity index (χ4v) is 3.51. The van der Waals surface area contributed by atoms with Gasteiger partial charge in [0.05, 0.1) is 18.2 Å². The third-order valence-electron chi connectivity index (χ3n) is 4.69. The summed E-state index contributed by atoms with van der Waals surface area (Å²) in [5.41, 5.74) is -0.433. The quantitative estimate of drug-likeness (QED) is 0.679. The molecule has 2 aromatic rings. The van der Waals surface area contributed by atoms with Gasteiger partial charge in [-0.3, -0.25) is 9.59 Å². The number of benzene rings is 2. The maximum atomic E-state index is 12.9. The van der Waals surface area contributed by atoms with Crippen LogP contribution in [0.5, 0.6) is 5.75 Å². The van der Waals surface area contributed by atoms with E-state index >= 15 is 0 Å². The third-order valence-corrected chi connectivity index (χ3v) is 5.39. The number of rotatable bonds is 3. The molecule has 1 aliphatic rings. The predicted octanol–water partition coefficient (Wildman–Crippen LogP) is 4.07. The first kappa shape index (κ1) is 21.2. The molecule has 1 fully saturated rings. The van der Waals surface area contributed by atoms with Crippen LogP contribution in [-0.2, 0) is 6.18 Å². The summed E-state index contributed by atoms with van der Waals surface area (Å²) in [6, 6.07) is 9.45. The standard InChI is InChI=1S/C20H18BrF3N2O3/c1-29-15-5-6-17(21)16(12-15)19(28)26-9-7-25(8-10-26)18(27)13-3-2-4-14(11-13)20(22,23)24/h2-6,11-12H,7-10H2,1H3. The van der Waals surface area contributed by atoms with Crippen molar-refractivity contribution >= 4 is 27.7 Å². The molecule has 0 radical (unpaired) electrons. The van der Waals surface area contributed by atoms with Gasteiger partial charge >= 0.3 is 6.18 Å². The van der Waals surface area contributed by atoms with E-state index in [1.807, 2.05) is 0 Å². The zero-order chi connectivity index (χ0) is 21.2. The minimum atomic E-state index is -4.51. The Morgan fingerprint density at radius 2 is 1.59 bits per heavy atom. The molecule has 0 bridgehead atoms. The van der Waals surface area contributed by atoms with Crippen molar-refractivity contribution in [1.29, 1.82) is 0 Å². The minimum absolute atomic E-state index is 0.0184. The van der Waals surface area contributed by atoms with E-state index in [4.69, 9.17) is 4.74 Å². The number of alkyl halides is 3. The molecule has 5 nitrogen and oxygen atoms in total. The molecule has 9 heteroatoms. The highest BCUT2D eigenvalue weighted by Gasteiger charge is 2.32. The second-order valence-electron chi connectivity index (χ2n) is 6.51. The van der Waals surface area contributed by atoms with Gasteiger partial charge in [0.15, 0.2) is 0 Å². The van der Waals surface area contributed by atoms with Crippen molar-refractivity contribution in [1.82, 2.24) is 9.80 Å². The molecule has 0 aliphatic carbocycles. The highest BCUT2D eigenvalue weighted by molar-refractivity contribution is 9.10. The van der Waals surface area contributed by atoms with Gasteiger partial charge in [-0.2, -0.15) is 13.2 Å². The number of ether oxygens (including phenoxy) is 1. The van der Waals surface area contributed by atoms with Crippen molar-refractivity contribution in [2.45, 2.75) is 6.18 Å². The summed E-state index contributed by atoms with van der Waals surface area (Å²) >= 11 is 3.36. The van der Waals surface area contributed by atoms with E-state index in [-0.39, 0.29) is 37.6 Å². The highest BCUT2D eigenvalue weighted by atomic mass is 79.9. The Morgan fingerprint density at radius 3 is 2.17 bits per heavy atom. The molecule has 2 amide bonds. The number of carbonyl (C=O) groups is 2. The second-order valence-corrected chi connectivity index (χ2v) is 7.36. The lowest BCUT2D eigenvalue weighted by molar-refractivity contribution is -0.137. The number of halogens is 4. The monoisotopic (exact) mass is 470 g/mol. The summed E-state index contributed by atoms with van der Waals surface area (Å²) in [4.78, 5) is 28.5. The maximum Gasteiger partial charge on any atom is 0.416 e. The van der Waals surface area contributed by atoms with Crippen molar-refractivity contribution in [3.63, 3.8) is 0 Å². The predicted molar refractivity (Wildman–Crippen MR) is 104 cm³/mol. The number of nitrogens with zero attached hydrogens (tertiary/aromatic N) is 2. The Labute approximate surface area is 174 Å². The number of piperazine rings is 1. The van der Waals surface area contributed by atoms with Gasteiger partial charge in [0.2, 0.25) is 0 Å². The molecule has 2 aromatic carbocycles. The minimum Gasteiger partial charge on any atom is -0.497 e. The summed E-state index contributed by atoms with van der Waals surface area (Å²) in [5.74, 6) is -0.136. The molecule has 1 saturated heterocycles. The molecule has 1 aliphatic heterocycles. The van der Waals surface area contributed by atoms with E-state index in [0.29, 0.717) is 15.8 Å². The largest absolute Gasteiger partial charge is 0.497 e. The fraction of sp³-hybridized carbons (Fsp3) is 0.300. The van der Waals surface area contributed by atoms with Crippen LogP contribution >= 0.6 is 15.9 Å². The van der Waals surface area contributed by atoms with Gasteiger partial charge in [-0.1, -0.05) is 6.07 Å². The fourth-order valence-electron chi connectivity index (χ4n) is 3.09. The van der Waals surface area contributed by atoms with Gasteiger partial charge < -0.3 is 14.5 Å². The van der Waals surface area contributed by atoms with Gasteiger partial charge in [0.1, 0.15) is 5.75 Å². The van der Waals surface area contributed by atoms with Crippen LogP contribution in [0.4, 0.5) is 13.2 Å². The molecule has 154 valence electrons. The van der Waals surface area contributed by atoms with Crippen molar-refractivity contribution in [3.8, 4) is 5.75 Å². The summed E-state index contributed by atoms with van der Waals surface area (Å²) in [6.07, 6.45) is -4.51. The molecular formula is C20H18BrF3N2O3. The van der Waals surface area contributed by atoms with Crippen LogP contribution in [0.3, 0.4) is 0 Å². The van der Waals surface area contributed by atoms with E-state index in [1.165, 1.54) is 24.1 Å². The average molecular weight is 471 g/mol. The first-order valence-corrected chi connectivity index (χ1v) is 9.59. The zero-order valence-corrected chi connectivity index (χ0v) is 17.1. The maximum absolute atomic E-state index is 12.9. The highest BCUT2D eigenvalue weighted by Crippen LogP contribution is 2.30. The molecule has 29 heavy (non-hydrogen) atoms. The summed E-state index contributed by atoms with van der Waals surface area (Å²) in [5, 5.41) is 0. The lowest BCUT2D eigenvalue weighted by atomic mass is 10.1. The molecular weight excluding hydrogens is 453 g/mol. The van der Waals surface area contributed by atoms with E-state index < -0.39 is 17.6 Å². The van der Waals surface area contributed by atoms with Crippen LogP contribution in [-0.4, -0.2) is 54.9 Å². The molecule has 0 unspecified atom stereocenters. The Balaban J connectivity index is 1.68. The van der Waals surface area contributed by atoms with Crippen molar-refractivity contribution < 1.29 is 27.5 Å². The van der Waals surface area contributed by atoms with E-state index in [2.05, 4.69) is 15.9 Å². The smallest absolute Gasteiger partial charge is 0.416 e. The molecule has 0 saturated carbocycles. The summed E-state index contributed by atoms with van der Waals surface area (Å²) in [6.45, 7) is 1.05. The normalized spacial score (nSPS) is 14.7. The van der Waals surface area contributed by atoms with Crippen molar-refractivity contribution in [3.05, 3.63) is 63.6 Å². The van der Waals surface area contributed by atoms with Gasteiger partial charge in [-0.15, -0.1) is 0 Å². The first-order chi connectivity index (χ1) is 13.7. The van der Waals surface area contributed by atoms with E-state index in [9.17, 15) is 22.8 Å². The average Bonchev–Trinajstić information content (AvgIpc) is 2.72. The molecule has 1 heterocycles. The zero-order valence-electron chi connectivity index (χ0n) is 15.5. The molecule has 0 aromatic heterocycles. The van der Waals surface area contributed by atoms with Crippen molar-refractivity contribution in [2.24, 2.45) is 0 Å². The summed E-state index contributed by atoms with van der Waals surface area (Å²) < 4.78 is 44.4. The lowest BCUT2D eigenvalue weighted by Gasteiger charge is -2.35. The number of methoxy groups -OCH3 is 1. The Morgan fingerprint density at radius 1 is 0.966 bits per heavy atom. The van der Waals surface area contributed by atoms with Crippen LogP contribution in [0.2, 0.25) is 0 Å². The topological polar surface area (TPSA) is 49.9 Å². The van der Waals surface area contributed by atoms with Crippen LogP contribution < -0.4 is 4.74 Å².